The van der Waals surface area contributed by atoms with E-state index in [-0.39, 0.29) is 0 Å². The van der Waals surface area contributed by atoms with E-state index in [0.29, 0.717) is 12.3 Å². The zero-order valence-electron chi connectivity index (χ0n) is 9.90. The van der Waals surface area contributed by atoms with Crippen LogP contribution in [0.4, 0.5) is 11.4 Å². The summed E-state index contributed by atoms with van der Waals surface area (Å²) < 4.78 is 5.56. The molecule has 3 nitrogen and oxygen atoms in total. The minimum atomic E-state index is 0.575. The predicted octanol–water partition coefficient (Wildman–Crippen LogP) is 3.41. The summed E-state index contributed by atoms with van der Waals surface area (Å²) in [6, 6.07) is 15.0. The maximum absolute atomic E-state index is 5.80. The SMILES string of the molecule is Nc1cccc(OCCNc2ccc(Cl)cc2)c1. The van der Waals surface area contributed by atoms with Gasteiger partial charge in [0.05, 0.1) is 0 Å². The summed E-state index contributed by atoms with van der Waals surface area (Å²) in [6.07, 6.45) is 0. The number of anilines is 2. The maximum Gasteiger partial charge on any atom is 0.121 e. The Morgan fingerprint density at radius 2 is 1.89 bits per heavy atom. The van der Waals surface area contributed by atoms with Crippen LogP contribution in [0.5, 0.6) is 5.75 Å². The molecule has 0 aliphatic rings. The molecule has 0 spiro atoms. The van der Waals surface area contributed by atoms with Gasteiger partial charge in [-0.05, 0) is 36.4 Å². The van der Waals surface area contributed by atoms with Crippen molar-refractivity contribution in [3.05, 3.63) is 53.6 Å². The van der Waals surface area contributed by atoms with Crippen molar-refractivity contribution in [1.29, 1.82) is 0 Å². The lowest BCUT2D eigenvalue weighted by molar-refractivity contribution is 0.333. The van der Waals surface area contributed by atoms with Crippen LogP contribution in [0.1, 0.15) is 0 Å². The van der Waals surface area contributed by atoms with Crippen LogP contribution in [-0.4, -0.2) is 13.2 Å². The molecule has 0 aliphatic carbocycles. The van der Waals surface area contributed by atoms with Crippen molar-refractivity contribution in [3.63, 3.8) is 0 Å². The highest BCUT2D eigenvalue weighted by molar-refractivity contribution is 6.30. The molecule has 0 unspecified atom stereocenters. The molecule has 4 heteroatoms. The van der Waals surface area contributed by atoms with Crippen molar-refractivity contribution in [2.45, 2.75) is 0 Å². The lowest BCUT2D eigenvalue weighted by Crippen LogP contribution is -2.11. The van der Waals surface area contributed by atoms with Gasteiger partial charge < -0.3 is 15.8 Å². The molecule has 18 heavy (non-hydrogen) atoms. The van der Waals surface area contributed by atoms with Crippen molar-refractivity contribution in [3.8, 4) is 5.75 Å². The minimum absolute atomic E-state index is 0.575. The summed E-state index contributed by atoms with van der Waals surface area (Å²) in [7, 11) is 0. The summed E-state index contributed by atoms with van der Waals surface area (Å²) >= 11 is 5.80. The van der Waals surface area contributed by atoms with E-state index in [4.69, 9.17) is 22.1 Å². The second-order valence-electron chi connectivity index (χ2n) is 3.85. The molecule has 2 aromatic carbocycles. The smallest absolute Gasteiger partial charge is 0.121 e. The Bertz CT molecular complexity index is 499. The first-order chi connectivity index (χ1) is 8.74. The van der Waals surface area contributed by atoms with Crippen LogP contribution >= 0.6 is 11.6 Å². The van der Waals surface area contributed by atoms with Gasteiger partial charge in [0.1, 0.15) is 12.4 Å². The first-order valence-corrected chi connectivity index (χ1v) is 6.09. The first-order valence-electron chi connectivity index (χ1n) is 5.72. The summed E-state index contributed by atoms with van der Waals surface area (Å²) in [4.78, 5) is 0. The van der Waals surface area contributed by atoms with Crippen LogP contribution in [0, 0.1) is 0 Å². The molecular weight excluding hydrogens is 248 g/mol. The lowest BCUT2D eigenvalue weighted by Gasteiger charge is -2.09. The highest BCUT2D eigenvalue weighted by Crippen LogP contribution is 2.15. The number of nitrogens with one attached hydrogen (secondary N) is 1. The van der Waals surface area contributed by atoms with Crippen LogP contribution in [0.3, 0.4) is 0 Å². The van der Waals surface area contributed by atoms with Crippen LogP contribution in [-0.2, 0) is 0 Å². The third-order valence-corrected chi connectivity index (χ3v) is 2.65. The molecule has 94 valence electrons. The molecule has 0 aromatic heterocycles. The molecule has 0 saturated heterocycles. The summed E-state index contributed by atoms with van der Waals surface area (Å²) in [5.74, 6) is 0.785. The molecule has 0 aliphatic heterocycles. The molecule has 0 heterocycles. The van der Waals surface area contributed by atoms with Crippen molar-refractivity contribution in [2.75, 3.05) is 24.2 Å². The van der Waals surface area contributed by atoms with E-state index >= 15 is 0 Å². The minimum Gasteiger partial charge on any atom is -0.492 e. The number of hydrogen-bond donors (Lipinski definition) is 2. The fourth-order valence-corrected chi connectivity index (χ4v) is 1.66. The van der Waals surface area contributed by atoms with E-state index in [0.717, 1.165) is 23.0 Å². The summed E-state index contributed by atoms with van der Waals surface area (Å²) in [6.45, 7) is 1.29. The van der Waals surface area contributed by atoms with Gasteiger partial charge in [-0.3, -0.25) is 0 Å². The van der Waals surface area contributed by atoms with Crippen molar-refractivity contribution >= 4 is 23.0 Å². The molecule has 2 rings (SSSR count). The zero-order valence-corrected chi connectivity index (χ0v) is 10.7. The van der Waals surface area contributed by atoms with Gasteiger partial charge in [-0.15, -0.1) is 0 Å². The van der Waals surface area contributed by atoms with Gasteiger partial charge in [0.2, 0.25) is 0 Å². The fourth-order valence-electron chi connectivity index (χ4n) is 1.54. The maximum atomic E-state index is 5.80. The van der Waals surface area contributed by atoms with Crippen LogP contribution in [0.15, 0.2) is 48.5 Å². The predicted molar refractivity (Wildman–Crippen MR) is 76.3 cm³/mol. The van der Waals surface area contributed by atoms with E-state index in [1.807, 2.05) is 48.5 Å². The number of nitrogen functional groups attached to an aromatic ring is 1. The summed E-state index contributed by atoms with van der Waals surface area (Å²) in [5.41, 5.74) is 7.39. The van der Waals surface area contributed by atoms with Gasteiger partial charge in [-0.25, -0.2) is 0 Å². The Labute approximate surface area is 112 Å². The standard InChI is InChI=1S/C14H15ClN2O/c15-11-4-6-13(7-5-11)17-8-9-18-14-3-1-2-12(16)10-14/h1-7,10,17H,8-9,16H2. The number of nitrogens with two attached hydrogens (primary N) is 1. The molecule has 0 saturated carbocycles. The number of rotatable bonds is 5. The molecule has 0 amide bonds. The van der Waals surface area contributed by atoms with Crippen LogP contribution in [0.2, 0.25) is 5.02 Å². The van der Waals surface area contributed by atoms with Gasteiger partial charge in [0, 0.05) is 29.0 Å². The Kier molecular flexibility index (Phi) is 4.31. The molecule has 0 radical (unpaired) electrons. The second-order valence-corrected chi connectivity index (χ2v) is 4.29. The average Bonchev–Trinajstić information content (AvgIpc) is 2.37. The van der Waals surface area contributed by atoms with Crippen LogP contribution in [0.25, 0.3) is 0 Å². The molecule has 0 atom stereocenters. The van der Waals surface area contributed by atoms with Crippen LogP contribution < -0.4 is 15.8 Å². The Morgan fingerprint density at radius 1 is 1.11 bits per heavy atom. The third-order valence-electron chi connectivity index (χ3n) is 2.40. The van der Waals surface area contributed by atoms with Crippen molar-refractivity contribution in [2.24, 2.45) is 0 Å². The van der Waals surface area contributed by atoms with Gasteiger partial charge in [-0.2, -0.15) is 0 Å². The zero-order chi connectivity index (χ0) is 12.8. The van der Waals surface area contributed by atoms with Gasteiger partial charge in [-0.1, -0.05) is 17.7 Å². The Hall–Kier alpha value is -1.87. The summed E-state index contributed by atoms with van der Waals surface area (Å²) in [5, 5.41) is 3.97. The molecular formula is C14H15ClN2O. The van der Waals surface area contributed by atoms with Crippen molar-refractivity contribution < 1.29 is 4.74 Å². The lowest BCUT2D eigenvalue weighted by atomic mass is 10.3. The fraction of sp³-hybridized carbons (Fsp3) is 0.143. The van der Waals surface area contributed by atoms with Gasteiger partial charge in [0.25, 0.3) is 0 Å². The van der Waals surface area contributed by atoms with E-state index < -0.39 is 0 Å². The Balaban J connectivity index is 1.74. The van der Waals surface area contributed by atoms with E-state index in [1.54, 1.807) is 0 Å². The van der Waals surface area contributed by atoms with E-state index in [2.05, 4.69) is 5.32 Å². The number of benzene rings is 2. The number of halogens is 1. The molecule has 2 aromatic rings. The highest BCUT2D eigenvalue weighted by atomic mass is 35.5. The monoisotopic (exact) mass is 262 g/mol. The Morgan fingerprint density at radius 3 is 2.61 bits per heavy atom. The average molecular weight is 263 g/mol. The number of ether oxygens (including phenoxy) is 1. The quantitative estimate of drug-likeness (QED) is 0.641. The first kappa shape index (κ1) is 12.6. The number of hydrogen-bond acceptors (Lipinski definition) is 3. The normalized spacial score (nSPS) is 10.1. The second kappa shape index (κ2) is 6.17. The van der Waals surface area contributed by atoms with E-state index in [9.17, 15) is 0 Å². The van der Waals surface area contributed by atoms with Gasteiger partial charge in [0.15, 0.2) is 0 Å². The van der Waals surface area contributed by atoms with Gasteiger partial charge >= 0.3 is 0 Å². The topological polar surface area (TPSA) is 47.3 Å². The molecule has 3 N–H and O–H groups in total. The molecule has 0 bridgehead atoms. The molecule has 0 fully saturated rings. The largest absolute Gasteiger partial charge is 0.492 e. The highest BCUT2D eigenvalue weighted by Gasteiger charge is 1.95. The van der Waals surface area contributed by atoms with Crippen molar-refractivity contribution in [1.82, 2.24) is 0 Å². The third kappa shape index (κ3) is 3.86. The van der Waals surface area contributed by atoms with E-state index in [1.165, 1.54) is 0 Å².